The Hall–Kier alpha value is -1.13. The standard InChI is InChI=1S/C15H24FN3/c1-12-10-18(3)11-13(8-9-17-2)19(12)15-7-5-4-6-14(15)16/h4-7,12-13,17H,8-11H2,1-3H3. The van der Waals surface area contributed by atoms with Crippen molar-refractivity contribution in [2.24, 2.45) is 0 Å². The van der Waals surface area contributed by atoms with Gasteiger partial charge >= 0.3 is 0 Å². The van der Waals surface area contributed by atoms with Crippen molar-refractivity contribution in [2.75, 3.05) is 38.6 Å². The van der Waals surface area contributed by atoms with Gasteiger partial charge in [0.25, 0.3) is 0 Å². The van der Waals surface area contributed by atoms with Crippen LogP contribution in [-0.4, -0.2) is 50.7 Å². The highest BCUT2D eigenvalue weighted by molar-refractivity contribution is 5.50. The molecule has 2 atom stereocenters. The van der Waals surface area contributed by atoms with Gasteiger partial charge in [-0.15, -0.1) is 0 Å². The smallest absolute Gasteiger partial charge is 0.146 e. The quantitative estimate of drug-likeness (QED) is 0.897. The molecule has 1 saturated heterocycles. The molecule has 0 amide bonds. The molecule has 0 spiro atoms. The molecule has 1 N–H and O–H groups in total. The minimum atomic E-state index is -0.117. The highest BCUT2D eigenvalue weighted by Crippen LogP contribution is 2.27. The molecule has 2 unspecified atom stereocenters. The molecule has 4 heteroatoms. The lowest BCUT2D eigenvalue weighted by Crippen LogP contribution is -2.57. The fourth-order valence-corrected chi connectivity index (χ4v) is 3.06. The van der Waals surface area contributed by atoms with E-state index in [-0.39, 0.29) is 5.82 Å². The molecule has 1 heterocycles. The highest BCUT2D eigenvalue weighted by Gasteiger charge is 2.31. The number of halogens is 1. The molecule has 1 aromatic carbocycles. The lowest BCUT2D eigenvalue weighted by atomic mass is 10.0. The van der Waals surface area contributed by atoms with Gasteiger partial charge in [-0.25, -0.2) is 4.39 Å². The van der Waals surface area contributed by atoms with Crippen molar-refractivity contribution in [3.63, 3.8) is 0 Å². The van der Waals surface area contributed by atoms with Crippen LogP contribution < -0.4 is 10.2 Å². The van der Waals surface area contributed by atoms with Gasteiger partial charge in [-0.05, 0) is 46.1 Å². The Balaban J connectivity index is 2.24. The molecule has 1 aliphatic rings. The maximum absolute atomic E-state index is 14.1. The summed E-state index contributed by atoms with van der Waals surface area (Å²) in [6.45, 7) is 5.09. The first-order valence-electron chi connectivity index (χ1n) is 6.99. The van der Waals surface area contributed by atoms with Crippen molar-refractivity contribution in [3.8, 4) is 0 Å². The van der Waals surface area contributed by atoms with Gasteiger partial charge in [0.15, 0.2) is 0 Å². The monoisotopic (exact) mass is 265 g/mol. The van der Waals surface area contributed by atoms with Gasteiger partial charge in [0, 0.05) is 25.2 Å². The molecule has 3 nitrogen and oxygen atoms in total. The van der Waals surface area contributed by atoms with E-state index in [2.05, 4.69) is 29.1 Å². The number of piperazine rings is 1. The number of rotatable bonds is 4. The summed E-state index contributed by atoms with van der Waals surface area (Å²) in [6.07, 6.45) is 1.03. The van der Waals surface area contributed by atoms with Gasteiger partial charge in [0.05, 0.1) is 5.69 Å². The highest BCUT2D eigenvalue weighted by atomic mass is 19.1. The summed E-state index contributed by atoms with van der Waals surface area (Å²) in [4.78, 5) is 4.59. The van der Waals surface area contributed by atoms with Crippen LogP contribution in [0.2, 0.25) is 0 Å². The van der Waals surface area contributed by atoms with Crippen LogP contribution in [0.1, 0.15) is 13.3 Å². The largest absolute Gasteiger partial charge is 0.361 e. The Morgan fingerprint density at radius 2 is 2.05 bits per heavy atom. The molecule has 106 valence electrons. The summed E-state index contributed by atoms with van der Waals surface area (Å²) >= 11 is 0. The second-order valence-corrected chi connectivity index (χ2v) is 5.47. The van der Waals surface area contributed by atoms with E-state index in [1.807, 2.05) is 19.2 Å². The van der Waals surface area contributed by atoms with E-state index in [4.69, 9.17) is 0 Å². The summed E-state index contributed by atoms with van der Waals surface area (Å²) in [7, 11) is 4.10. The number of hydrogen-bond acceptors (Lipinski definition) is 3. The van der Waals surface area contributed by atoms with Crippen LogP contribution in [-0.2, 0) is 0 Å². The minimum absolute atomic E-state index is 0.117. The third-order valence-electron chi connectivity index (χ3n) is 3.82. The number of nitrogens with one attached hydrogen (secondary N) is 1. The van der Waals surface area contributed by atoms with E-state index in [0.717, 1.165) is 31.7 Å². The predicted octanol–water partition coefficient (Wildman–Crippen LogP) is 1.94. The number of para-hydroxylation sites is 1. The third kappa shape index (κ3) is 3.25. The van der Waals surface area contributed by atoms with Crippen molar-refractivity contribution >= 4 is 5.69 Å². The second kappa shape index (κ2) is 6.35. The predicted molar refractivity (Wildman–Crippen MR) is 78.2 cm³/mol. The molecule has 19 heavy (non-hydrogen) atoms. The average molecular weight is 265 g/mol. The summed E-state index contributed by atoms with van der Waals surface area (Å²) in [5.74, 6) is -0.117. The van der Waals surface area contributed by atoms with Crippen molar-refractivity contribution in [1.29, 1.82) is 0 Å². The summed E-state index contributed by atoms with van der Waals surface area (Å²) in [5, 5.41) is 3.19. The van der Waals surface area contributed by atoms with Crippen molar-refractivity contribution in [1.82, 2.24) is 10.2 Å². The molecule has 1 aliphatic heterocycles. The van der Waals surface area contributed by atoms with Gasteiger partial charge in [0.2, 0.25) is 0 Å². The molecular weight excluding hydrogens is 241 g/mol. The zero-order valence-electron chi connectivity index (χ0n) is 12.1. The Morgan fingerprint density at radius 3 is 2.74 bits per heavy atom. The topological polar surface area (TPSA) is 18.5 Å². The first kappa shape index (κ1) is 14.3. The van der Waals surface area contributed by atoms with Gasteiger partial charge in [-0.3, -0.25) is 0 Å². The van der Waals surface area contributed by atoms with Crippen LogP contribution in [0.15, 0.2) is 24.3 Å². The number of anilines is 1. The van der Waals surface area contributed by atoms with Crippen LogP contribution in [0.25, 0.3) is 0 Å². The van der Waals surface area contributed by atoms with Gasteiger partial charge in [-0.1, -0.05) is 12.1 Å². The summed E-state index contributed by atoms with van der Waals surface area (Å²) in [6, 6.07) is 7.80. The molecule has 0 saturated carbocycles. The fourth-order valence-electron chi connectivity index (χ4n) is 3.06. The second-order valence-electron chi connectivity index (χ2n) is 5.47. The van der Waals surface area contributed by atoms with Crippen molar-refractivity contribution in [3.05, 3.63) is 30.1 Å². The SMILES string of the molecule is CNCCC1CN(C)CC(C)N1c1ccccc1F. The van der Waals surface area contributed by atoms with Crippen molar-refractivity contribution in [2.45, 2.75) is 25.4 Å². The van der Waals surface area contributed by atoms with E-state index in [9.17, 15) is 4.39 Å². The number of benzene rings is 1. The molecule has 0 aromatic heterocycles. The maximum Gasteiger partial charge on any atom is 0.146 e. The summed E-state index contributed by atoms with van der Waals surface area (Å²) in [5.41, 5.74) is 0.740. The normalized spacial score (nSPS) is 24.7. The molecular formula is C15H24FN3. The van der Waals surface area contributed by atoms with Gasteiger partial charge in [-0.2, -0.15) is 0 Å². The number of nitrogens with zero attached hydrogens (tertiary/aromatic N) is 2. The van der Waals surface area contributed by atoms with Gasteiger partial charge in [0.1, 0.15) is 5.82 Å². The van der Waals surface area contributed by atoms with E-state index < -0.39 is 0 Å². The van der Waals surface area contributed by atoms with E-state index >= 15 is 0 Å². The molecule has 1 aromatic rings. The van der Waals surface area contributed by atoms with Crippen LogP contribution in [0, 0.1) is 5.82 Å². The Labute approximate surface area is 115 Å². The van der Waals surface area contributed by atoms with Crippen LogP contribution in [0.3, 0.4) is 0 Å². The molecule has 0 aliphatic carbocycles. The molecule has 0 radical (unpaired) electrons. The number of likely N-dealkylation sites (N-methyl/N-ethyl adjacent to an activating group) is 1. The van der Waals surface area contributed by atoms with E-state index in [0.29, 0.717) is 12.1 Å². The molecule has 1 fully saturated rings. The minimum Gasteiger partial charge on any atom is -0.361 e. The lowest BCUT2D eigenvalue weighted by molar-refractivity contribution is 0.225. The lowest BCUT2D eigenvalue weighted by Gasteiger charge is -2.46. The first-order valence-corrected chi connectivity index (χ1v) is 6.99. The third-order valence-corrected chi connectivity index (χ3v) is 3.82. The Bertz CT molecular complexity index is 410. The zero-order valence-corrected chi connectivity index (χ0v) is 12.1. The first-order chi connectivity index (χ1) is 9.13. The Morgan fingerprint density at radius 1 is 1.32 bits per heavy atom. The number of hydrogen-bond donors (Lipinski definition) is 1. The molecule has 0 bridgehead atoms. The van der Waals surface area contributed by atoms with Crippen LogP contribution in [0.5, 0.6) is 0 Å². The van der Waals surface area contributed by atoms with E-state index in [1.165, 1.54) is 0 Å². The van der Waals surface area contributed by atoms with Crippen LogP contribution in [0.4, 0.5) is 10.1 Å². The van der Waals surface area contributed by atoms with Crippen molar-refractivity contribution < 1.29 is 4.39 Å². The Kier molecular flexibility index (Phi) is 4.77. The van der Waals surface area contributed by atoms with Crippen LogP contribution >= 0.6 is 0 Å². The molecule has 2 rings (SSSR count). The fraction of sp³-hybridized carbons (Fsp3) is 0.600. The summed E-state index contributed by atoms with van der Waals surface area (Å²) < 4.78 is 14.1. The van der Waals surface area contributed by atoms with E-state index in [1.54, 1.807) is 12.1 Å². The zero-order chi connectivity index (χ0) is 13.8. The van der Waals surface area contributed by atoms with Gasteiger partial charge < -0.3 is 15.1 Å². The average Bonchev–Trinajstić information content (AvgIpc) is 2.37. The maximum atomic E-state index is 14.1.